The second kappa shape index (κ2) is 4.75. The molecular formula is C10H12FN3O4. The van der Waals surface area contributed by atoms with Crippen molar-refractivity contribution in [1.29, 1.82) is 0 Å². The molecule has 1 fully saturated rings. The summed E-state index contributed by atoms with van der Waals surface area (Å²) < 4.78 is 18.5. The summed E-state index contributed by atoms with van der Waals surface area (Å²) in [7, 11) is 0. The van der Waals surface area contributed by atoms with E-state index in [1.807, 2.05) is 0 Å². The van der Waals surface area contributed by atoms with E-state index in [2.05, 4.69) is 4.98 Å². The standard InChI is InChI=1S/C10H12FN3O4/c11-4-6(16)9-5(15)3-8(18-9)14-2-1-7(12)13-10(14)17/h1-2,4-5,8-9,15-16H,3H2,(H2,12,13,17)/b6-4-/t5-,8+,9-/m0/s1. The highest BCUT2D eigenvalue weighted by atomic mass is 19.1. The summed E-state index contributed by atoms with van der Waals surface area (Å²) in [4.78, 5) is 15.0. The molecule has 1 aliphatic heterocycles. The Balaban J connectivity index is 2.25. The highest BCUT2D eigenvalue weighted by molar-refractivity contribution is 5.23. The molecule has 0 aliphatic carbocycles. The van der Waals surface area contributed by atoms with E-state index in [0.717, 1.165) is 4.57 Å². The number of nitrogens with two attached hydrogens (primary N) is 1. The fraction of sp³-hybridized carbons (Fsp3) is 0.400. The minimum absolute atomic E-state index is 0.0358. The molecule has 2 rings (SSSR count). The number of nitrogen functional groups attached to an aromatic ring is 1. The maximum atomic E-state index is 12.2. The van der Waals surface area contributed by atoms with Gasteiger partial charge in [0.2, 0.25) is 0 Å². The number of ether oxygens (including phenoxy) is 1. The number of halogens is 1. The molecule has 2 heterocycles. The van der Waals surface area contributed by atoms with Gasteiger partial charge in [0, 0.05) is 12.6 Å². The molecule has 3 atom stereocenters. The molecule has 0 radical (unpaired) electrons. The zero-order valence-corrected chi connectivity index (χ0v) is 9.23. The van der Waals surface area contributed by atoms with Crippen LogP contribution in [0.15, 0.2) is 29.1 Å². The smallest absolute Gasteiger partial charge is 0.351 e. The third kappa shape index (κ3) is 2.20. The lowest BCUT2D eigenvalue weighted by molar-refractivity contribution is -0.0205. The first-order valence-corrected chi connectivity index (χ1v) is 5.20. The first-order valence-electron chi connectivity index (χ1n) is 5.20. The third-order valence-electron chi connectivity index (χ3n) is 2.66. The predicted molar refractivity (Wildman–Crippen MR) is 59.3 cm³/mol. The first-order chi connectivity index (χ1) is 8.52. The number of aliphatic hydroxyl groups is 2. The topological polar surface area (TPSA) is 111 Å². The van der Waals surface area contributed by atoms with Gasteiger partial charge in [-0.05, 0) is 6.07 Å². The van der Waals surface area contributed by atoms with Gasteiger partial charge in [-0.15, -0.1) is 0 Å². The molecular weight excluding hydrogens is 245 g/mol. The van der Waals surface area contributed by atoms with E-state index in [4.69, 9.17) is 10.5 Å². The van der Waals surface area contributed by atoms with Gasteiger partial charge in [-0.1, -0.05) is 0 Å². The molecule has 0 bridgehead atoms. The van der Waals surface area contributed by atoms with Gasteiger partial charge in [0.1, 0.15) is 24.5 Å². The number of hydrogen-bond donors (Lipinski definition) is 3. The highest BCUT2D eigenvalue weighted by Crippen LogP contribution is 2.30. The van der Waals surface area contributed by atoms with Crippen LogP contribution in [0.2, 0.25) is 0 Å². The second-order valence-corrected chi connectivity index (χ2v) is 3.89. The van der Waals surface area contributed by atoms with E-state index in [1.54, 1.807) is 0 Å². The van der Waals surface area contributed by atoms with Crippen LogP contribution in [0, 0.1) is 0 Å². The van der Waals surface area contributed by atoms with Crippen LogP contribution in [0.5, 0.6) is 0 Å². The molecule has 0 spiro atoms. The maximum absolute atomic E-state index is 12.2. The summed E-state index contributed by atoms with van der Waals surface area (Å²) in [6.45, 7) is 0. The zero-order valence-electron chi connectivity index (χ0n) is 9.23. The minimum atomic E-state index is -1.19. The number of rotatable bonds is 2. The van der Waals surface area contributed by atoms with Crippen LogP contribution >= 0.6 is 0 Å². The maximum Gasteiger partial charge on any atom is 0.351 e. The molecule has 1 aliphatic rings. The SMILES string of the molecule is Nc1ccn([C@H]2C[C@H](O)[C@@H](/C(O)=C/F)O2)c(=O)n1. The lowest BCUT2D eigenvalue weighted by Crippen LogP contribution is -2.27. The summed E-state index contributed by atoms with van der Waals surface area (Å²) in [5.41, 5.74) is 4.70. The van der Waals surface area contributed by atoms with Crippen LogP contribution in [0.1, 0.15) is 12.6 Å². The van der Waals surface area contributed by atoms with Gasteiger partial charge in [0.05, 0.1) is 6.10 Å². The van der Waals surface area contributed by atoms with Crippen molar-refractivity contribution in [3.8, 4) is 0 Å². The van der Waals surface area contributed by atoms with Crippen molar-refractivity contribution in [2.24, 2.45) is 0 Å². The molecule has 1 saturated heterocycles. The van der Waals surface area contributed by atoms with Crippen molar-refractivity contribution >= 4 is 5.82 Å². The lowest BCUT2D eigenvalue weighted by Gasteiger charge is -2.14. The Labute approximate surface area is 101 Å². The number of aromatic nitrogens is 2. The van der Waals surface area contributed by atoms with E-state index in [9.17, 15) is 19.4 Å². The van der Waals surface area contributed by atoms with Crippen molar-refractivity contribution < 1.29 is 19.3 Å². The van der Waals surface area contributed by atoms with Gasteiger partial charge in [-0.25, -0.2) is 9.18 Å². The van der Waals surface area contributed by atoms with Crippen molar-refractivity contribution in [1.82, 2.24) is 9.55 Å². The summed E-state index contributed by atoms with van der Waals surface area (Å²) in [6, 6.07) is 1.40. The molecule has 4 N–H and O–H groups in total. The summed E-state index contributed by atoms with van der Waals surface area (Å²) in [5.74, 6) is -0.653. The van der Waals surface area contributed by atoms with Gasteiger partial charge < -0.3 is 20.7 Å². The van der Waals surface area contributed by atoms with Gasteiger partial charge in [-0.3, -0.25) is 4.57 Å². The Kier molecular flexibility index (Phi) is 3.30. The van der Waals surface area contributed by atoms with E-state index >= 15 is 0 Å². The first kappa shape index (κ1) is 12.5. The van der Waals surface area contributed by atoms with Crippen LogP contribution in [-0.4, -0.2) is 32.0 Å². The van der Waals surface area contributed by atoms with Gasteiger partial charge in [0.15, 0.2) is 5.76 Å². The Bertz CT molecular complexity index is 530. The van der Waals surface area contributed by atoms with Crippen molar-refractivity contribution in [3.63, 3.8) is 0 Å². The van der Waals surface area contributed by atoms with E-state index < -0.39 is 29.9 Å². The molecule has 1 aromatic rings. The van der Waals surface area contributed by atoms with Crippen LogP contribution in [0.3, 0.4) is 0 Å². The van der Waals surface area contributed by atoms with E-state index in [0.29, 0.717) is 0 Å². The molecule has 0 unspecified atom stereocenters. The largest absolute Gasteiger partial charge is 0.507 e. The number of aliphatic hydroxyl groups excluding tert-OH is 2. The number of hydrogen-bond acceptors (Lipinski definition) is 6. The van der Waals surface area contributed by atoms with Crippen molar-refractivity contribution in [2.75, 3.05) is 5.73 Å². The lowest BCUT2D eigenvalue weighted by atomic mass is 10.1. The average Bonchev–Trinajstić information content (AvgIpc) is 2.70. The summed E-state index contributed by atoms with van der Waals surface area (Å²) in [6.07, 6.45) is -1.78. The molecule has 0 amide bonds. The summed E-state index contributed by atoms with van der Waals surface area (Å²) >= 11 is 0. The molecule has 18 heavy (non-hydrogen) atoms. The minimum Gasteiger partial charge on any atom is -0.507 e. The fourth-order valence-electron chi connectivity index (χ4n) is 1.80. The van der Waals surface area contributed by atoms with Crippen LogP contribution in [0.4, 0.5) is 10.2 Å². The number of nitrogens with zero attached hydrogens (tertiary/aromatic N) is 2. The Morgan fingerprint density at radius 2 is 2.44 bits per heavy atom. The highest BCUT2D eigenvalue weighted by Gasteiger charge is 2.38. The van der Waals surface area contributed by atoms with E-state index in [1.165, 1.54) is 12.3 Å². The van der Waals surface area contributed by atoms with Crippen LogP contribution in [-0.2, 0) is 4.74 Å². The number of anilines is 1. The van der Waals surface area contributed by atoms with Gasteiger partial charge >= 0.3 is 5.69 Å². The molecule has 0 saturated carbocycles. The molecule has 8 heteroatoms. The van der Waals surface area contributed by atoms with Crippen molar-refractivity contribution in [2.45, 2.75) is 24.9 Å². The average molecular weight is 257 g/mol. The van der Waals surface area contributed by atoms with Crippen molar-refractivity contribution in [3.05, 3.63) is 34.8 Å². The van der Waals surface area contributed by atoms with Gasteiger partial charge in [-0.2, -0.15) is 4.98 Å². The molecule has 1 aromatic heterocycles. The normalized spacial score (nSPS) is 28.6. The Morgan fingerprint density at radius 3 is 3.06 bits per heavy atom. The van der Waals surface area contributed by atoms with Gasteiger partial charge in [0.25, 0.3) is 0 Å². The summed E-state index contributed by atoms with van der Waals surface area (Å²) in [5, 5.41) is 18.8. The predicted octanol–water partition coefficient (Wildman–Crippen LogP) is -0.157. The Hall–Kier alpha value is -1.93. The molecule has 7 nitrogen and oxygen atoms in total. The monoisotopic (exact) mass is 257 g/mol. The quantitative estimate of drug-likeness (QED) is 0.635. The fourth-order valence-corrected chi connectivity index (χ4v) is 1.80. The molecule has 98 valence electrons. The Morgan fingerprint density at radius 1 is 1.72 bits per heavy atom. The zero-order chi connectivity index (χ0) is 13.3. The van der Waals surface area contributed by atoms with Crippen LogP contribution < -0.4 is 11.4 Å². The second-order valence-electron chi connectivity index (χ2n) is 3.89. The third-order valence-corrected chi connectivity index (χ3v) is 2.66. The van der Waals surface area contributed by atoms with E-state index in [-0.39, 0.29) is 18.6 Å². The molecule has 0 aromatic carbocycles. The van der Waals surface area contributed by atoms with Crippen LogP contribution in [0.25, 0.3) is 0 Å².